The predicted octanol–water partition coefficient (Wildman–Crippen LogP) is 2.73. The monoisotopic (exact) mass is 565 g/mol. The third kappa shape index (κ3) is 6.60. The van der Waals surface area contributed by atoms with Crippen LogP contribution in [0.4, 0.5) is 5.82 Å². The van der Waals surface area contributed by atoms with Gasteiger partial charge >= 0.3 is 5.97 Å². The number of nitrogens with two attached hydrogens (primary N) is 1. The summed E-state index contributed by atoms with van der Waals surface area (Å²) in [6.07, 6.45) is 2.93. The number of nitriles is 1. The fraction of sp³-hybridized carbons (Fsp3) is 0.478. The number of para-hydroxylation sites is 1. The summed E-state index contributed by atoms with van der Waals surface area (Å²) in [5.74, 6) is 1.06. The van der Waals surface area contributed by atoms with Crippen molar-refractivity contribution in [1.82, 2.24) is 20.0 Å². The number of anilines is 1. The lowest BCUT2D eigenvalue weighted by molar-refractivity contribution is -0.149. The van der Waals surface area contributed by atoms with E-state index in [0.717, 1.165) is 44.0 Å². The highest BCUT2D eigenvalue weighted by atomic mass is 127. The third-order valence-electron chi connectivity index (χ3n) is 5.61. The second-order valence-electron chi connectivity index (χ2n) is 7.66. The quantitative estimate of drug-likeness (QED) is 0.174. The van der Waals surface area contributed by atoms with Crippen molar-refractivity contribution >= 4 is 41.7 Å². The van der Waals surface area contributed by atoms with Gasteiger partial charge in [-0.1, -0.05) is 18.2 Å². The largest absolute Gasteiger partial charge is 0.466 e. The number of hydrogen-bond donors (Lipinski definition) is 2. The normalized spacial score (nSPS) is 14.3. The number of hydrogen-bond acceptors (Lipinski definition) is 6. The van der Waals surface area contributed by atoms with E-state index in [4.69, 9.17) is 10.5 Å². The molecule has 178 valence electrons. The second-order valence-corrected chi connectivity index (χ2v) is 7.66. The molecule has 3 N–H and O–H groups in total. The fourth-order valence-electron chi connectivity index (χ4n) is 3.92. The molecule has 0 spiro atoms. The molecule has 0 unspecified atom stereocenters. The number of aliphatic imine (C=N–C) groups is 1. The molecule has 0 aliphatic carbocycles. The van der Waals surface area contributed by atoms with Crippen LogP contribution < -0.4 is 11.1 Å². The highest BCUT2D eigenvalue weighted by molar-refractivity contribution is 14.0. The van der Waals surface area contributed by atoms with Gasteiger partial charge in [0, 0.05) is 26.7 Å². The summed E-state index contributed by atoms with van der Waals surface area (Å²) < 4.78 is 6.76. The average Bonchev–Trinajstić information content (AvgIpc) is 3.15. The molecule has 10 heteroatoms. The number of rotatable bonds is 7. The summed E-state index contributed by atoms with van der Waals surface area (Å²) >= 11 is 0. The van der Waals surface area contributed by atoms with Crippen LogP contribution in [-0.4, -0.2) is 59.9 Å². The Morgan fingerprint density at radius 3 is 2.64 bits per heavy atom. The second kappa shape index (κ2) is 13.0. The Morgan fingerprint density at radius 1 is 1.33 bits per heavy atom. The van der Waals surface area contributed by atoms with E-state index in [9.17, 15) is 10.1 Å². The zero-order valence-electron chi connectivity index (χ0n) is 19.2. The maximum Gasteiger partial charge on any atom is 0.309 e. The predicted molar refractivity (Wildman–Crippen MR) is 139 cm³/mol. The van der Waals surface area contributed by atoms with Gasteiger partial charge in [-0.2, -0.15) is 10.4 Å². The number of halogens is 1. The molecule has 33 heavy (non-hydrogen) atoms. The Kier molecular flexibility index (Phi) is 10.4. The van der Waals surface area contributed by atoms with E-state index < -0.39 is 0 Å². The minimum absolute atomic E-state index is 0. The standard InChI is InChI=1S/C23H31N7O2.HI/c1-3-32-22(31)17-11-14-29(15-12-17)23(26-2)27-13-7-10-20-19(16-24)21(25)30(28-20)18-8-5-4-6-9-18;/h4-6,8-9,17H,3,7,10-15,25H2,1-2H3,(H,26,27);1H. The van der Waals surface area contributed by atoms with Crippen LogP contribution in [0.2, 0.25) is 0 Å². The van der Waals surface area contributed by atoms with Gasteiger partial charge in [-0.3, -0.25) is 9.79 Å². The maximum atomic E-state index is 11.9. The molecule has 0 radical (unpaired) electrons. The zero-order valence-corrected chi connectivity index (χ0v) is 21.5. The Labute approximate surface area is 212 Å². The number of nitrogens with one attached hydrogen (secondary N) is 1. The molecule has 1 aromatic carbocycles. The molecule has 1 saturated heterocycles. The number of aromatic nitrogens is 2. The molecule has 0 saturated carbocycles. The van der Waals surface area contributed by atoms with Gasteiger partial charge in [-0.05, 0) is 44.7 Å². The van der Waals surface area contributed by atoms with E-state index in [1.165, 1.54) is 0 Å². The minimum Gasteiger partial charge on any atom is -0.466 e. The van der Waals surface area contributed by atoms with Gasteiger partial charge in [-0.25, -0.2) is 4.68 Å². The van der Waals surface area contributed by atoms with Crippen LogP contribution in [0.5, 0.6) is 0 Å². The molecule has 0 atom stereocenters. The molecular formula is C23H32IN7O2. The van der Waals surface area contributed by atoms with Crippen LogP contribution in [0.3, 0.4) is 0 Å². The van der Waals surface area contributed by atoms with Gasteiger partial charge in [0.25, 0.3) is 0 Å². The minimum atomic E-state index is -0.0994. The molecular weight excluding hydrogens is 533 g/mol. The van der Waals surface area contributed by atoms with Crippen LogP contribution in [0.15, 0.2) is 35.3 Å². The topological polar surface area (TPSA) is 122 Å². The number of piperidine rings is 1. The summed E-state index contributed by atoms with van der Waals surface area (Å²) in [7, 11) is 1.76. The maximum absolute atomic E-state index is 11.9. The van der Waals surface area contributed by atoms with E-state index in [1.54, 1.807) is 11.7 Å². The molecule has 1 fully saturated rings. The first-order valence-corrected chi connectivity index (χ1v) is 11.0. The van der Waals surface area contributed by atoms with Crippen molar-refractivity contribution < 1.29 is 9.53 Å². The first kappa shape index (κ1) is 26.4. The Balaban J connectivity index is 0.00000385. The number of benzene rings is 1. The number of nitrogens with zero attached hydrogens (tertiary/aromatic N) is 5. The number of carbonyl (C=O) groups is 1. The Hall–Kier alpha value is -2.81. The van der Waals surface area contributed by atoms with Crippen LogP contribution in [0, 0.1) is 17.2 Å². The number of carbonyl (C=O) groups excluding carboxylic acids is 1. The number of aryl methyl sites for hydroxylation is 1. The molecule has 2 heterocycles. The van der Waals surface area contributed by atoms with Gasteiger partial charge < -0.3 is 20.7 Å². The van der Waals surface area contributed by atoms with Crippen molar-refractivity contribution in [2.75, 3.05) is 39.0 Å². The number of likely N-dealkylation sites (tertiary alicyclic amines) is 1. The molecule has 0 amide bonds. The molecule has 1 aliphatic heterocycles. The molecule has 9 nitrogen and oxygen atoms in total. The average molecular weight is 565 g/mol. The third-order valence-corrected chi connectivity index (χ3v) is 5.61. The lowest BCUT2D eigenvalue weighted by atomic mass is 9.97. The number of guanidine groups is 1. The first-order valence-electron chi connectivity index (χ1n) is 11.0. The van der Waals surface area contributed by atoms with Crippen molar-refractivity contribution in [2.24, 2.45) is 10.9 Å². The summed E-state index contributed by atoms with van der Waals surface area (Å²) in [5.41, 5.74) is 8.13. The van der Waals surface area contributed by atoms with E-state index in [1.807, 2.05) is 37.3 Å². The van der Waals surface area contributed by atoms with Gasteiger partial charge in [0.2, 0.25) is 0 Å². The van der Waals surface area contributed by atoms with E-state index in [0.29, 0.717) is 36.6 Å². The van der Waals surface area contributed by atoms with Crippen LogP contribution >= 0.6 is 24.0 Å². The summed E-state index contributed by atoms with van der Waals surface area (Å²) in [5, 5.41) is 17.5. The lowest BCUT2D eigenvalue weighted by Gasteiger charge is -2.33. The van der Waals surface area contributed by atoms with Gasteiger partial charge in [0.1, 0.15) is 17.5 Å². The molecule has 2 aromatic rings. The Morgan fingerprint density at radius 2 is 2.03 bits per heavy atom. The highest BCUT2D eigenvalue weighted by Crippen LogP contribution is 2.21. The van der Waals surface area contributed by atoms with Crippen molar-refractivity contribution in [1.29, 1.82) is 5.26 Å². The van der Waals surface area contributed by atoms with Crippen molar-refractivity contribution in [3.63, 3.8) is 0 Å². The number of nitrogen functional groups attached to an aromatic ring is 1. The summed E-state index contributed by atoms with van der Waals surface area (Å²) in [6, 6.07) is 11.7. The molecule has 3 rings (SSSR count). The van der Waals surface area contributed by atoms with E-state index in [-0.39, 0.29) is 35.9 Å². The Bertz CT molecular complexity index is 977. The lowest BCUT2D eigenvalue weighted by Crippen LogP contribution is -2.47. The van der Waals surface area contributed by atoms with Gasteiger partial charge in [-0.15, -0.1) is 24.0 Å². The van der Waals surface area contributed by atoms with Crippen LogP contribution in [0.25, 0.3) is 5.69 Å². The van der Waals surface area contributed by atoms with Crippen molar-refractivity contribution in [2.45, 2.75) is 32.6 Å². The van der Waals surface area contributed by atoms with Gasteiger partial charge in [0.05, 0.1) is 23.9 Å². The van der Waals surface area contributed by atoms with Crippen molar-refractivity contribution in [3.05, 3.63) is 41.6 Å². The van der Waals surface area contributed by atoms with Crippen molar-refractivity contribution in [3.8, 4) is 11.8 Å². The fourth-order valence-corrected chi connectivity index (χ4v) is 3.92. The van der Waals surface area contributed by atoms with Gasteiger partial charge in [0.15, 0.2) is 5.96 Å². The van der Waals surface area contributed by atoms with Crippen LogP contribution in [0.1, 0.15) is 37.4 Å². The van der Waals surface area contributed by atoms with E-state index in [2.05, 4.69) is 26.4 Å². The number of esters is 1. The molecule has 0 bridgehead atoms. The smallest absolute Gasteiger partial charge is 0.309 e. The molecule has 1 aliphatic rings. The number of ether oxygens (including phenoxy) is 1. The SMILES string of the molecule is CCOC(=O)C1CCN(C(=NC)NCCCc2nn(-c3ccccc3)c(N)c2C#N)CC1.I. The first-order chi connectivity index (χ1) is 15.6. The molecule has 1 aromatic heterocycles. The van der Waals surface area contributed by atoms with E-state index >= 15 is 0 Å². The summed E-state index contributed by atoms with van der Waals surface area (Å²) in [4.78, 5) is 18.5. The highest BCUT2D eigenvalue weighted by Gasteiger charge is 2.27. The summed E-state index contributed by atoms with van der Waals surface area (Å²) in [6.45, 7) is 4.47. The van der Waals surface area contributed by atoms with Crippen LogP contribution in [-0.2, 0) is 16.0 Å². The zero-order chi connectivity index (χ0) is 22.9.